The molecule has 0 aliphatic rings. The van der Waals surface area contributed by atoms with Gasteiger partial charge in [0.05, 0.1) is 22.5 Å². The van der Waals surface area contributed by atoms with Crippen molar-refractivity contribution >= 4 is 34.4 Å². The number of carbonyl (C=O) groups is 1. The van der Waals surface area contributed by atoms with Crippen molar-refractivity contribution in [1.29, 1.82) is 0 Å². The van der Waals surface area contributed by atoms with E-state index in [1.165, 1.54) is 23.4 Å². The smallest absolute Gasteiger partial charge is 0.332 e. The Morgan fingerprint density at radius 1 is 1.17 bits per heavy atom. The van der Waals surface area contributed by atoms with Gasteiger partial charge in [-0.05, 0) is 25.0 Å². The van der Waals surface area contributed by atoms with E-state index in [0.717, 1.165) is 15.6 Å². The molecule has 0 radical (unpaired) electrons. The van der Waals surface area contributed by atoms with Gasteiger partial charge in [0.2, 0.25) is 0 Å². The summed E-state index contributed by atoms with van der Waals surface area (Å²) in [5, 5.41) is 0.614. The number of fused-ring (bicyclic) bond motifs is 1. The van der Waals surface area contributed by atoms with Crippen molar-refractivity contribution in [1.82, 2.24) is 19.1 Å². The van der Waals surface area contributed by atoms with Crippen molar-refractivity contribution in [2.24, 2.45) is 13.0 Å². The number of anilines is 1. The van der Waals surface area contributed by atoms with Gasteiger partial charge in [0.25, 0.3) is 5.56 Å². The van der Waals surface area contributed by atoms with Crippen molar-refractivity contribution in [3.8, 4) is 0 Å². The van der Waals surface area contributed by atoms with Gasteiger partial charge in [-0.25, -0.2) is 14.8 Å². The maximum atomic E-state index is 12.9. The molecule has 2 N–H and O–H groups in total. The summed E-state index contributed by atoms with van der Waals surface area (Å²) >= 11 is 1.20. The molecule has 8 nitrogen and oxygen atoms in total. The minimum Gasteiger partial charge on any atom is -0.384 e. The fraction of sp³-hybridized carbons (Fsp3) is 0.350. The van der Waals surface area contributed by atoms with Crippen molar-refractivity contribution in [2.75, 3.05) is 11.5 Å². The second kappa shape index (κ2) is 8.20. The number of ketones is 1. The largest absolute Gasteiger partial charge is 0.384 e. The molecule has 0 spiro atoms. The molecule has 3 rings (SSSR count). The highest BCUT2D eigenvalue weighted by atomic mass is 32.2. The summed E-state index contributed by atoms with van der Waals surface area (Å²) in [5.41, 5.74) is 6.91. The summed E-state index contributed by atoms with van der Waals surface area (Å²) in [6, 6.07) is 7.48. The summed E-state index contributed by atoms with van der Waals surface area (Å²) in [6.07, 6.45) is 0. The summed E-state index contributed by atoms with van der Waals surface area (Å²) in [4.78, 5) is 46.8. The Bertz CT molecular complexity index is 1210. The van der Waals surface area contributed by atoms with Gasteiger partial charge in [-0.1, -0.05) is 37.7 Å². The lowest BCUT2D eigenvalue weighted by Crippen LogP contribution is -2.43. The maximum Gasteiger partial charge on any atom is 0.332 e. The highest BCUT2D eigenvalue weighted by molar-refractivity contribution is 8.00. The molecular formula is C20H23N5O3S. The summed E-state index contributed by atoms with van der Waals surface area (Å²) < 4.78 is 2.21. The summed E-state index contributed by atoms with van der Waals surface area (Å²) in [6.45, 7) is 5.99. The number of para-hydroxylation sites is 2. The first-order chi connectivity index (χ1) is 13.7. The van der Waals surface area contributed by atoms with Crippen LogP contribution in [-0.2, 0) is 13.6 Å². The number of thioether (sulfide) groups is 1. The highest BCUT2D eigenvalue weighted by Crippen LogP contribution is 2.23. The number of aromatic nitrogens is 4. The average Bonchev–Trinajstić information content (AvgIpc) is 2.68. The molecular weight excluding hydrogens is 390 g/mol. The van der Waals surface area contributed by atoms with E-state index in [9.17, 15) is 14.4 Å². The Hall–Kier alpha value is -2.94. The fourth-order valence-electron chi connectivity index (χ4n) is 3.00. The standard InChI is InChI=1S/C20H23N5O3S/c1-11(2)9-25-17(21)16(19(27)24(4)20(25)28)15(26)10-29-18-12(3)22-13-7-5-6-8-14(13)23-18/h5-8,11H,9-10,21H2,1-4H3. The second-order valence-electron chi connectivity index (χ2n) is 7.23. The van der Waals surface area contributed by atoms with Crippen LogP contribution in [0.25, 0.3) is 11.0 Å². The van der Waals surface area contributed by atoms with Crippen LogP contribution in [0.5, 0.6) is 0 Å². The predicted octanol–water partition coefficient (Wildman–Crippen LogP) is 2.01. The van der Waals surface area contributed by atoms with Crippen molar-refractivity contribution < 1.29 is 4.79 Å². The number of hydrogen-bond acceptors (Lipinski definition) is 7. The fourth-order valence-corrected chi connectivity index (χ4v) is 3.83. The third-order valence-corrected chi connectivity index (χ3v) is 5.52. The Labute approximate surface area is 171 Å². The molecule has 0 unspecified atom stereocenters. The third kappa shape index (κ3) is 4.09. The van der Waals surface area contributed by atoms with E-state index in [4.69, 9.17) is 5.73 Å². The normalized spacial score (nSPS) is 11.3. The SMILES string of the molecule is Cc1nc2ccccc2nc1SCC(=O)c1c(N)n(CC(C)C)c(=O)n(C)c1=O. The van der Waals surface area contributed by atoms with E-state index in [0.29, 0.717) is 17.3 Å². The molecule has 0 fully saturated rings. The molecule has 0 saturated carbocycles. The molecule has 0 amide bonds. The monoisotopic (exact) mass is 413 g/mol. The van der Waals surface area contributed by atoms with E-state index in [1.54, 1.807) is 0 Å². The van der Waals surface area contributed by atoms with Crippen LogP contribution in [0, 0.1) is 12.8 Å². The van der Waals surface area contributed by atoms with Gasteiger partial charge in [-0.2, -0.15) is 0 Å². The number of benzene rings is 1. The van der Waals surface area contributed by atoms with Gasteiger partial charge in [-0.15, -0.1) is 0 Å². The first-order valence-electron chi connectivity index (χ1n) is 9.19. The topological polar surface area (TPSA) is 113 Å². The molecule has 0 aliphatic carbocycles. The van der Waals surface area contributed by atoms with E-state index in [-0.39, 0.29) is 23.1 Å². The Morgan fingerprint density at radius 2 is 1.79 bits per heavy atom. The maximum absolute atomic E-state index is 12.9. The van der Waals surface area contributed by atoms with Gasteiger partial charge in [0.1, 0.15) is 16.4 Å². The molecule has 152 valence electrons. The molecule has 2 heterocycles. The highest BCUT2D eigenvalue weighted by Gasteiger charge is 2.22. The van der Waals surface area contributed by atoms with Gasteiger partial charge in [0.15, 0.2) is 5.78 Å². The third-order valence-electron chi connectivity index (χ3n) is 4.45. The Kier molecular flexibility index (Phi) is 5.88. The Morgan fingerprint density at radius 3 is 2.41 bits per heavy atom. The van der Waals surface area contributed by atoms with E-state index < -0.39 is 17.0 Å². The van der Waals surface area contributed by atoms with E-state index in [2.05, 4.69) is 9.97 Å². The molecule has 0 saturated heterocycles. The number of Topliss-reactive ketones (excluding diaryl/α,β-unsaturated/α-hetero) is 1. The van der Waals surface area contributed by atoms with Crippen molar-refractivity contribution in [2.45, 2.75) is 32.3 Å². The number of nitrogen functional groups attached to an aromatic ring is 1. The van der Waals surface area contributed by atoms with Crippen LogP contribution >= 0.6 is 11.8 Å². The first-order valence-corrected chi connectivity index (χ1v) is 10.2. The molecule has 0 atom stereocenters. The van der Waals surface area contributed by atoms with Crippen molar-refractivity contribution in [3.05, 3.63) is 56.4 Å². The number of nitrogens with two attached hydrogens (primary N) is 1. The summed E-state index contributed by atoms with van der Waals surface area (Å²) in [5.74, 6) is -0.438. The number of nitrogens with zero attached hydrogens (tertiary/aromatic N) is 4. The zero-order chi connectivity index (χ0) is 21.3. The predicted molar refractivity (Wildman–Crippen MR) is 115 cm³/mol. The lowest BCUT2D eigenvalue weighted by atomic mass is 10.2. The van der Waals surface area contributed by atoms with Crippen LogP contribution in [0.3, 0.4) is 0 Å². The lowest BCUT2D eigenvalue weighted by Gasteiger charge is -2.16. The number of carbonyl (C=O) groups excluding carboxylic acids is 1. The molecule has 1 aromatic carbocycles. The minimum atomic E-state index is -0.681. The van der Waals surface area contributed by atoms with Gasteiger partial charge in [0, 0.05) is 13.6 Å². The van der Waals surface area contributed by atoms with Crippen LogP contribution in [0.1, 0.15) is 29.9 Å². The van der Waals surface area contributed by atoms with Crippen LogP contribution in [-0.4, -0.2) is 30.6 Å². The van der Waals surface area contributed by atoms with Gasteiger partial charge in [-0.3, -0.25) is 18.7 Å². The molecule has 0 aliphatic heterocycles. The van der Waals surface area contributed by atoms with Crippen LogP contribution in [0.2, 0.25) is 0 Å². The minimum absolute atomic E-state index is 0.0345. The first kappa shape index (κ1) is 20.8. The van der Waals surface area contributed by atoms with E-state index >= 15 is 0 Å². The van der Waals surface area contributed by atoms with Gasteiger partial charge < -0.3 is 5.73 Å². The number of aryl methyl sites for hydroxylation is 1. The summed E-state index contributed by atoms with van der Waals surface area (Å²) in [7, 11) is 1.35. The van der Waals surface area contributed by atoms with Crippen molar-refractivity contribution in [3.63, 3.8) is 0 Å². The molecule has 0 bridgehead atoms. The van der Waals surface area contributed by atoms with Crippen LogP contribution in [0.15, 0.2) is 38.9 Å². The molecule has 2 aromatic heterocycles. The number of hydrogen-bond donors (Lipinski definition) is 1. The zero-order valence-corrected chi connectivity index (χ0v) is 17.6. The van der Waals surface area contributed by atoms with Gasteiger partial charge >= 0.3 is 5.69 Å². The van der Waals surface area contributed by atoms with Crippen LogP contribution in [0.4, 0.5) is 5.82 Å². The van der Waals surface area contributed by atoms with E-state index in [1.807, 2.05) is 45.0 Å². The molecule has 3 aromatic rings. The Balaban J connectivity index is 1.94. The van der Waals surface area contributed by atoms with Crippen LogP contribution < -0.4 is 17.0 Å². The quantitative estimate of drug-likeness (QED) is 0.486. The zero-order valence-electron chi connectivity index (χ0n) is 16.8. The average molecular weight is 414 g/mol. The second-order valence-corrected chi connectivity index (χ2v) is 8.19. The molecule has 29 heavy (non-hydrogen) atoms. The molecule has 9 heteroatoms. The number of rotatable bonds is 6. The lowest BCUT2D eigenvalue weighted by molar-refractivity contribution is 0.102.